The van der Waals surface area contributed by atoms with Gasteiger partial charge in [-0.15, -0.1) is 6.58 Å². The molecule has 0 heterocycles. The molecule has 0 bridgehead atoms. The molecule has 0 atom stereocenters. The van der Waals surface area contributed by atoms with Gasteiger partial charge in [-0.3, -0.25) is 0 Å². The van der Waals surface area contributed by atoms with Crippen LogP contribution in [0, 0.1) is 23.4 Å². The van der Waals surface area contributed by atoms with Crippen molar-refractivity contribution < 1.29 is 17.9 Å². The van der Waals surface area contributed by atoms with Gasteiger partial charge in [0.05, 0.1) is 6.61 Å². The van der Waals surface area contributed by atoms with E-state index in [2.05, 4.69) is 6.58 Å². The minimum atomic E-state index is -1.05. The van der Waals surface area contributed by atoms with Crippen molar-refractivity contribution in [2.75, 3.05) is 7.11 Å². The van der Waals surface area contributed by atoms with E-state index in [1.165, 1.54) is 36.9 Å². The maximum Gasteiger partial charge on any atom is 0.167 e. The SMILES string of the molecule is C=C[C@H]1CC[C@H](c2ccc(-c3ccc(-c4ccc(COC)cc4F)c(F)c3F)cc2)CC1. The van der Waals surface area contributed by atoms with Gasteiger partial charge in [0.25, 0.3) is 0 Å². The molecule has 32 heavy (non-hydrogen) atoms. The lowest BCUT2D eigenvalue weighted by Crippen LogP contribution is -2.11. The van der Waals surface area contributed by atoms with Gasteiger partial charge in [0.2, 0.25) is 0 Å². The zero-order valence-electron chi connectivity index (χ0n) is 18.2. The zero-order chi connectivity index (χ0) is 22.7. The fourth-order valence-electron chi connectivity index (χ4n) is 4.64. The molecule has 0 spiro atoms. The van der Waals surface area contributed by atoms with Gasteiger partial charge < -0.3 is 4.74 Å². The van der Waals surface area contributed by atoms with Crippen LogP contribution in [0.4, 0.5) is 13.2 Å². The highest BCUT2D eigenvalue weighted by Crippen LogP contribution is 2.38. The Bertz CT molecular complexity index is 1100. The molecular formula is C28H27F3O. The van der Waals surface area contributed by atoms with Crippen LogP contribution in [0.3, 0.4) is 0 Å². The van der Waals surface area contributed by atoms with Crippen LogP contribution in [0.2, 0.25) is 0 Å². The number of hydrogen-bond acceptors (Lipinski definition) is 1. The molecule has 3 aromatic rings. The molecule has 3 aromatic carbocycles. The number of hydrogen-bond donors (Lipinski definition) is 0. The van der Waals surface area contributed by atoms with Crippen LogP contribution in [0.5, 0.6) is 0 Å². The third-order valence-electron chi connectivity index (χ3n) is 6.52. The number of methoxy groups -OCH3 is 1. The molecule has 0 N–H and O–H groups in total. The number of allylic oxidation sites excluding steroid dienone is 1. The summed E-state index contributed by atoms with van der Waals surface area (Å²) in [5, 5.41) is 0. The minimum absolute atomic E-state index is 0.0262. The van der Waals surface area contributed by atoms with Crippen molar-refractivity contribution in [1.82, 2.24) is 0 Å². The van der Waals surface area contributed by atoms with Crippen molar-refractivity contribution in [1.29, 1.82) is 0 Å². The van der Waals surface area contributed by atoms with Crippen LogP contribution >= 0.6 is 0 Å². The van der Waals surface area contributed by atoms with E-state index in [4.69, 9.17) is 4.74 Å². The largest absolute Gasteiger partial charge is 0.380 e. The van der Waals surface area contributed by atoms with Gasteiger partial charge in [-0.2, -0.15) is 0 Å². The summed E-state index contributed by atoms with van der Waals surface area (Å²) in [5.74, 6) is -1.54. The highest BCUT2D eigenvalue weighted by molar-refractivity contribution is 5.72. The van der Waals surface area contributed by atoms with Crippen molar-refractivity contribution >= 4 is 0 Å². The smallest absolute Gasteiger partial charge is 0.167 e. The Hall–Kier alpha value is -2.85. The van der Waals surface area contributed by atoms with Crippen LogP contribution in [0.1, 0.15) is 42.7 Å². The monoisotopic (exact) mass is 436 g/mol. The molecule has 0 unspecified atom stereocenters. The van der Waals surface area contributed by atoms with Gasteiger partial charge in [0.1, 0.15) is 5.82 Å². The Labute approximate surface area is 187 Å². The quantitative estimate of drug-likeness (QED) is 0.355. The zero-order valence-corrected chi connectivity index (χ0v) is 18.2. The molecule has 1 aliphatic carbocycles. The molecule has 0 aromatic heterocycles. The topological polar surface area (TPSA) is 9.23 Å². The highest BCUT2D eigenvalue weighted by atomic mass is 19.2. The van der Waals surface area contributed by atoms with Crippen LogP contribution in [-0.4, -0.2) is 7.11 Å². The fourth-order valence-corrected chi connectivity index (χ4v) is 4.64. The summed E-state index contributed by atoms with van der Waals surface area (Å²) >= 11 is 0. The molecule has 1 aliphatic rings. The Kier molecular flexibility index (Phi) is 6.80. The normalized spacial score (nSPS) is 18.5. The lowest BCUT2D eigenvalue weighted by Gasteiger charge is -2.27. The minimum Gasteiger partial charge on any atom is -0.380 e. The number of ether oxygens (including phenoxy) is 1. The number of benzene rings is 3. The van der Waals surface area contributed by atoms with Gasteiger partial charge in [0.15, 0.2) is 11.6 Å². The molecule has 0 aliphatic heterocycles. The predicted molar refractivity (Wildman–Crippen MR) is 123 cm³/mol. The molecule has 1 saturated carbocycles. The molecule has 1 fully saturated rings. The van der Waals surface area contributed by atoms with E-state index in [0.29, 0.717) is 23.0 Å². The van der Waals surface area contributed by atoms with Gasteiger partial charge in [-0.1, -0.05) is 54.6 Å². The van der Waals surface area contributed by atoms with Crippen molar-refractivity contribution in [2.24, 2.45) is 5.92 Å². The summed E-state index contributed by atoms with van der Waals surface area (Å²) in [6.45, 7) is 4.14. The first-order chi connectivity index (χ1) is 15.5. The van der Waals surface area contributed by atoms with Crippen molar-refractivity contribution in [2.45, 2.75) is 38.2 Å². The summed E-state index contributed by atoms with van der Waals surface area (Å²) < 4.78 is 49.4. The second-order valence-corrected chi connectivity index (χ2v) is 8.51. The molecule has 166 valence electrons. The average molecular weight is 437 g/mol. The highest BCUT2D eigenvalue weighted by Gasteiger charge is 2.22. The number of halogens is 3. The molecule has 0 saturated heterocycles. The van der Waals surface area contributed by atoms with Crippen LogP contribution < -0.4 is 0 Å². The van der Waals surface area contributed by atoms with Gasteiger partial charge in [0, 0.05) is 23.8 Å². The van der Waals surface area contributed by atoms with Gasteiger partial charge >= 0.3 is 0 Å². The second-order valence-electron chi connectivity index (χ2n) is 8.51. The molecule has 4 heteroatoms. The van der Waals surface area contributed by atoms with E-state index >= 15 is 0 Å². The second kappa shape index (κ2) is 9.74. The Balaban J connectivity index is 1.58. The van der Waals surface area contributed by atoms with Gasteiger partial charge in [-0.25, -0.2) is 13.2 Å². The van der Waals surface area contributed by atoms with Crippen molar-refractivity contribution in [3.63, 3.8) is 0 Å². The van der Waals surface area contributed by atoms with Crippen LogP contribution in [0.15, 0.2) is 67.3 Å². The molecular weight excluding hydrogens is 409 g/mol. The van der Waals surface area contributed by atoms with E-state index < -0.39 is 17.5 Å². The van der Waals surface area contributed by atoms with Crippen molar-refractivity contribution in [3.05, 3.63) is 95.8 Å². The fraction of sp³-hybridized carbons (Fsp3) is 0.286. The van der Waals surface area contributed by atoms with E-state index in [-0.39, 0.29) is 23.3 Å². The lowest BCUT2D eigenvalue weighted by atomic mass is 9.78. The summed E-state index contributed by atoms with van der Waals surface area (Å²) in [4.78, 5) is 0. The standard InChI is InChI=1S/C28H27F3O/c1-3-18-4-7-20(8-5-18)21-9-11-22(12-10-21)23-14-15-25(28(31)27(23)30)24-13-6-19(17-32-2)16-26(24)29/h3,6,9-16,18,20H,1,4-5,7-8,17H2,2H3/t18-,20-. The van der Waals surface area contributed by atoms with Crippen molar-refractivity contribution in [3.8, 4) is 22.3 Å². The third-order valence-corrected chi connectivity index (χ3v) is 6.52. The average Bonchev–Trinajstić information content (AvgIpc) is 2.82. The van der Waals surface area contributed by atoms with Gasteiger partial charge in [-0.05, 0) is 60.3 Å². The first-order valence-electron chi connectivity index (χ1n) is 11.0. The maximum atomic E-state index is 15.0. The summed E-state index contributed by atoms with van der Waals surface area (Å²) in [6, 6.07) is 15.0. The summed E-state index contributed by atoms with van der Waals surface area (Å²) in [6.07, 6.45) is 6.55. The predicted octanol–water partition coefficient (Wildman–Crippen LogP) is 8.04. The Morgan fingerprint density at radius 3 is 2.09 bits per heavy atom. The third kappa shape index (κ3) is 4.51. The van der Waals surface area contributed by atoms with E-state index in [9.17, 15) is 13.2 Å². The summed E-state index contributed by atoms with van der Waals surface area (Å²) in [5.41, 5.74) is 2.56. The number of rotatable bonds is 6. The lowest BCUT2D eigenvalue weighted by molar-refractivity contribution is 0.184. The van der Waals surface area contributed by atoms with E-state index in [1.54, 1.807) is 6.07 Å². The van der Waals surface area contributed by atoms with E-state index in [1.807, 2.05) is 30.3 Å². The summed E-state index contributed by atoms with van der Waals surface area (Å²) in [7, 11) is 1.51. The molecule has 4 rings (SSSR count). The van der Waals surface area contributed by atoms with Crippen LogP contribution in [-0.2, 0) is 11.3 Å². The Morgan fingerprint density at radius 1 is 0.844 bits per heavy atom. The molecule has 0 amide bonds. The van der Waals surface area contributed by atoms with Crippen LogP contribution in [0.25, 0.3) is 22.3 Å². The first kappa shape index (κ1) is 22.3. The molecule has 1 nitrogen and oxygen atoms in total. The van der Waals surface area contributed by atoms with E-state index in [0.717, 1.165) is 25.7 Å². The maximum absolute atomic E-state index is 15.0. The molecule has 0 radical (unpaired) electrons. The Morgan fingerprint density at radius 2 is 1.47 bits per heavy atom. The first-order valence-corrected chi connectivity index (χ1v) is 11.0.